The van der Waals surface area contributed by atoms with Crippen LogP contribution in [0.1, 0.15) is 142 Å². The number of rotatable bonds is 22. The maximum Gasteiger partial charge on any atom is 0.327 e. The van der Waals surface area contributed by atoms with E-state index in [9.17, 15) is 9.59 Å². The van der Waals surface area contributed by atoms with E-state index in [0.717, 1.165) is 25.7 Å². The minimum Gasteiger partial charge on any atom is -0.481 e. The molecule has 2 N–H and O–H groups in total. The monoisotopic (exact) mass is 452 g/mol. The fraction of sp³-hybridized carbons (Fsp3) is 0.786. The van der Waals surface area contributed by atoms with Gasteiger partial charge >= 0.3 is 11.9 Å². The molecule has 32 heavy (non-hydrogen) atoms. The number of hydrogen-bond donors (Lipinski definition) is 2. The molecule has 0 atom stereocenters. The van der Waals surface area contributed by atoms with Gasteiger partial charge in [-0.3, -0.25) is 4.79 Å². The predicted octanol–water partition coefficient (Wildman–Crippen LogP) is 9.10. The maximum absolute atomic E-state index is 10.3. The minimum absolute atomic E-state index is 0.330. The average molecular weight is 453 g/mol. The van der Waals surface area contributed by atoms with Crippen LogP contribution in [-0.4, -0.2) is 22.2 Å². The summed E-state index contributed by atoms with van der Waals surface area (Å²) in [6.07, 6.45) is 31.1. The van der Waals surface area contributed by atoms with Gasteiger partial charge in [0, 0.05) is 12.5 Å². The highest BCUT2D eigenvalue weighted by Gasteiger charge is 1.96. The van der Waals surface area contributed by atoms with Gasteiger partial charge in [0.25, 0.3) is 0 Å². The van der Waals surface area contributed by atoms with Gasteiger partial charge in [0.15, 0.2) is 0 Å². The summed E-state index contributed by atoms with van der Waals surface area (Å²) in [7, 11) is 0. The van der Waals surface area contributed by atoms with Crippen molar-refractivity contribution in [1.82, 2.24) is 0 Å². The highest BCUT2D eigenvalue weighted by molar-refractivity contribution is 5.79. The van der Waals surface area contributed by atoms with Crippen LogP contribution in [0.5, 0.6) is 0 Å². The number of carboxylic acids is 2. The molecule has 0 unspecified atom stereocenters. The van der Waals surface area contributed by atoms with Gasteiger partial charge in [0.05, 0.1) is 0 Å². The van der Waals surface area contributed by atoms with Crippen molar-refractivity contribution in [3.8, 4) is 0 Å². The zero-order chi connectivity index (χ0) is 24.1. The summed E-state index contributed by atoms with van der Waals surface area (Å²) < 4.78 is 0. The predicted molar refractivity (Wildman–Crippen MR) is 137 cm³/mol. The van der Waals surface area contributed by atoms with E-state index >= 15 is 0 Å². The maximum atomic E-state index is 10.3. The van der Waals surface area contributed by atoms with E-state index in [1.165, 1.54) is 102 Å². The SMILES string of the molecule is CCCC/C=C\CCCCCCCC(=O)O.CCCCCCCCCCCC=CC(=O)O. The van der Waals surface area contributed by atoms with Crippen molar-refractivity contribution >= 4 is 11.9 Å². The van der Waals surface area contributed by atoms with Crippen molar-refractivity contribution in [2.75, 3.05) is 0 Å². The van der Waals surface area contributed by atoms with Crippen LogP contribution in [0.15, 0.2) is 24.3 Å². The fourth-order valence-corrected chi connectivity index (χ4v) is 3.38. The van der Waals surface area contributed by atoms with Gasteiger partial charge in [-0.1, -0.05) is 116 Å². The molecule has 0 rings (SSSR count). The van der Waals surface area contributed by atoms with Gasteiger partial charge in [-0.2, -0.15) is 0 Å². The lowest BCUT2D eigenvalue weighted by molar-refractivity contribution is -0.137. The fourth-order valence-electron chi connectivity index (χ4n) is 3.38. The molecule has 0 fully saturated rings. The summed E-state index contributed by atoms with van der Waals surface area (Å²) >= 11 is 0. The van der Waals surface area contributed by atoms with Gasteiger partial charge in [-0.25, -0.2) is 4.79 Å². The number of unbranched alkanes of at least 4 members (excludes halogenated alkanes) is 16. The quantitative estimate of drug-likeness (QED) is 0.0975. The lowest BCUT2D eigenvalue weighted by Crippen LogP contribution is -1.93. The first kappa shape index (κ1) is 32.6. The molecular formula is C28H52O4. The standard InChI is InChI=1S/2C14H26O2/c2*1-2-3-4-5-6-7-8-9-10-11-12-13-14(15)16/h12-13H,2-11H2,1H3,(H,15,16);5-6H,2-4,7-13H2,1H3,(H,15,16)/b;6-5-. The molecule has 0 spiro atoms. The molecule has 0 bridgehead atoms. The van der Waals surface area contributed by atoms with Crippen LogP contribution in [0.25, 0.3) is 0 Å². The minimum atomic E-state index is -0.837. The van der Waals surface area contributed by atoms with Crippen LogP contribution < -0.4 is 0 Å². The Morgan fingerprint density at radius 1 is 0.531 bits per heavy atom. The van der Waals surface area contributed by atoms with Crippen molar-refractivity contribution in [3.05, 3.63) is 24.3 Å². The van der Waals surface area contributed by atoms with Gasteiger partial charge in [0.1, 0.15) is 0 Å². The van der Waals surface area contributed by atoms with E-state index in [-0.39, 0.29) is 0 Å². The summed E-state index contributed by atoms with van der Waals surface area (Å²) in [4.78, 5) is 20.4. The second-order valence-corrected chi connectivity index (χ2v) is 8.67. The van der Waals surface area contributed by atoms with Crippen LogP contribution in [0.4, 0.5) is 0 Å². The molecular weight excluding hydrogens is 400 g/mol. The van der Waals surface area contributed by atoms with Crippen molar-refractivity contribution in [2.45, 2.75) is 142 Å². The van der Waals surface area contributed by atoms with Crippen LogP contribution >= 0.6 is 0 Å². The molecule has 4 nitrogen and oxygen atoms in total. The van der Waals surface area contributed by atoms with Gasteiger partial charge in [-0.05, 0) is 38.5 Å². The first-order chi connectivity index (χ1) is 15.5. The molecule has 188 valence electrons. The summed E-state index contributed by atoms with van der Waals surface area (Å²) in [6, 6.07) is 0. The summed E-state index contributed by atoms with van der Waals surface area (Å²) in [5, 5.41) is 16.8. The number of carboxylic acid groups (broad SMARTS) is 2. The molecule has 0 saturated heterocycles. The lowest BCUT2D eigenvalue weighted by atomic mass is 10.1. The zero-order valence-corrected chi connectivity index (χ0v) is 21.2. The normalized spacial score (nSPS) is 11.1. The Bertz CT molecular complexity index is 454. The Balaban J connectivity index is 0. The zero-order valence-electron chi connectivity index (χ0n) is 21.2. The Morgan fingerprint density at radius 3 is 1.41 bits per heavy atom. The molecule has 0 amide bonds. The van der Waals surface area contributed by atoms with Crippen molar-refractivity contribution in [1.29, 1.82) is 0 Å². The summed E-state index contributed by atoms with van der Waals surface area (Å²) in [5.41, 5.74) is 0. The summed E-state index contributed by atoms with van der Waals surface area (Å²) in [6.45, 7) is 4.45. The van der Waals surface area contributed by atoms with E-state index in [1.54, 1.807) is 6.08 Å². The van der Waals surface area contributed by atoms with Gasteiger partial charge < -0.3 is 10.2 Å². The van der Waals surface area contributed by atoms with E-state index < -0.39 is 11.9 Å². The molecule has 4 heteroatoms. The number of allylic oxidation sites excluding steroid dienone is 3. The van der Waals surface area contributed by atoms with Crippen molar-refractivity contribution in [2.24, 2.45) is 0 Å². The third-order valence-electron chi connectivity index (χ3n) is 5.39. The van der Waals surface area contributed by atoms with Crippen LogP contribution in [-0.2, 0) is 9.59 Å². The van der Waals surface area contributed by atoms with E-state index in [1.807, 2.05) is 0 Å². The third kappa shape index (κ3) is 35.8. The molecule has 0 aliphatic carbocycles. The van der Waals surface area contributed by atoms with Crippen LogP contribution in [0, 0.1) is 0 Å². The topological polar surface area (TPSA) is 74.6 Å². The van der Waals surface area contributed by atoms with E-state index in [4.69, 9.17) is 10.2 Å². The van der Waals surface area contributed by atoms with E-state index in [0.29, 0.717) is 6.42 Å². The molecule has 0 aromatic rings. The molecule has 0 saturated carbocycles. The third-order valence-corrected chi connectivity index (χ3v) is 5.39. The first-order valence-electron chi connectivity index (χ1n) is 13.3. The van der Waals surface area contributed by atoms with Gasteiger partial charge in [-0.15, -0.1) is 0 Å². The molecule has 0 aliphatic rings. The van der Waals surface area contributed by atoms with Crippen molar-refractivity contribution < 1.29 is 19.8 Å². The highest BCUT2D eigenvalue weighted by atomic mass is 16.4. The highest BCUT2D eigenvalue weighted by Crippen LogP contribution is 2.10. The average Bonchev–Trinajstić information content (AvgIpc) is 2.76. The lowest BCUT2D eigenvalue weighted by Gasteiger charge is -2.00. The first-order valence-corrected chi connectivity index (χ1v) is 13.3. The van der Waals surface area contributed by atoms with Gasteiger partial charge in [0.2, 0.25) is 0 Å². The van der Waals surface area contributed by atoms with E-state index in [2.05, 4.69) is 26.0 Å². The number of carbonyl (C=O) groups is 2. The Morgan fingerprint density at radius 2 is 0.938 bits per heavy atom. The Hall–Kier alpha value is -1.58. The Labute approximate surface area is 198 Å². The Kier molecular flexibility index (Phi) is 30.0. The second kappa shape index (κ2) is 29.4. The van der Waals surface area contributed by atoms with Crippen molar-refractivity contribution in [3.63, 3.8) is 0 Å². The molecule has 0 aromatic carbocycles. The van der Waals surface area contributed by atoms with Crippen LogP contribution in [0.2, 0.25) is 0 Å². The molecule has 0 aliphatic heterocycles. The van der Waals surface area contributed by atoms with Crippen LogP contribution in [0.3, 0.4) is 0 Å². The molecule has 0 aromatic heterocycles. The summed E-state index contributed by atoms with van der Waals surface area (Å²) in [5.74, 6) is -1.50. The number of aliphatic carboxylic acids is 2. The molecule has 0 heterocycles. The number of hydrogen-bond acceptors (Lipinski definition) is 2. The molecule has 0 radical (unpaired) electrons. The smallest absolute Gasteiger partial charge is 0.327 e. The largest absolute Gasteiger partial charge is 0.481 e. The second-order valence-electron chi connectivity index (χ2n) is 8.67.